The van der Waals surface area contributed by atoms with E-state index in [1.165, 1.54) is 218 Å². The Morgan fingerprint density at radius 2 is 0.479 bits per heavy atom. The number of phosphoric ester groups is 2. The highest BCUT2D eigenvalue weighted by Crippen LogP contribution is 2.45. The van der Waals surface area contributed by atoms with Crippen LogP contribution in [0.15, 0.2) is 0 Å². The Bertz CT molecular complexity index is 1840. The van der Waals surface area contributed by atoms with E-state index in [4.69, 9.17) is 37.0 Å². The zero-order chi connectivity index (χ0) is 70.5. The van der Waals surface area contributed by atoms with Crippen molar-refractivity contribution in [2.45, 2.75) is 425 Å². The number of unbranched alkanes of at least 4 members (excludes halogenated alkanes) is 49. The molecule has 3 N–H and O–H groups in total. The average molecular weight is 1410 g/mol. The van der Waals surface area contributed by atoms with Crippen molar-refractivity contribution >= 4 is 39.5 Å². The molecule has 0 amide bonds. The number of carbonyl (C=O) groups excluding carboxylic acids is 4. The molecule has 0 aliphatic carbocycles. The van der Waals surface area contributed by atoms with Gasteiger partial charge in [0.05, 0.1) is 26.4 Å². The van der Waals surface area contributed by atoms with E-state index < -0.39 is 97.5 Å². The van der Waals surface area contributed by atoms with Gasteiger partial charge in [-0.3, -0.25) is 37.3 Å². The maximum atomic E-state index is 13.1. The molecule has 0 heterocycles. The number of ether oxygens (including phenoxy) is 4. The van der Waals surface area contributed by atoms with Crippen LogP contribution in [0.1, 0.15) is 407 Å². The summed E-state index contributed by atoms with van der Waals surface area (Å²) >= 11 is 0. The number of carbonyl (C=O) groups is 4. The second-order valence-electron chi connectivity index (χ2n) is 28.2. The van der Waals surface area contributed by atoms with E-state index in [-0.39, 0.29) is 25.7 Å². The summed E-state index contributed by atoms with van der Waals surface area (Å²) in [5.74, 6) is -1.43. The van der Waals surface area contributed by atoms with E-state index in [2.05, 4.69) is 34.6 Å². The highest BCUT2D eigenvalue weighted by molar-refractivity contribution is 7.47. The van der Waals surface area contributed by atoms with Crippen LogP contribution in [0.25, 0.3) is 0 Å². The van der Waals surface area contributed by atoms with Crippen LogP contribution >= 0.6 is 15.6 Å². The van der Waals surface area contributed by atoms with Crippen LogP contribution in [0, 0.1) is 5.92 Å². The van der Waals surface area contributed by atoms with E-state index >= 15 is 0 Å². The molecule has 0 saturated heterocycles. The molecule has 96 heavy (non-hydrogen) atoms. The zero-order valence-corrected chi connectivity index (χ0v) is 64.3. The van der Waals surface area contributed by atoms with Crippen molar-refractivity contribution in [1.29, 1.82) is 0 Å². The van der Waals surface area contributed by atoms with Crippen molar-refractivity contribution < 1.29 is 80.2 Å². The Morgan fingerprint density at radius 3 is 0.708 bits per heavy atom. The molecule has 0 radical (unpaired) electrons. The summed E-state index contributed by atoms with van der Waals surface area (Å²) < 4.78 is 68.4. The fourth-order valence-corrected chi connectivity index (χ4v) is 13.5. The van der Waals surface area contributed by atoms with Gasteiger partial charge in [0.25, 0.3) is 0 Å². The number of esters is 4. The normalized spacial score (nSPS) is 13.9. The van der Waals surface area contributed by atoms with E-state index in [1.807, 2.05) is 0 Å². The van der Waals surface area contributed by atoms with Crippen LogP contribution in [0.5, 0.6) is 0 Å². The molecule has 0 aliphatic heterocycles. The first kappa shape index (κ1) is 94.1. The molecule has 0 aromatic carbocycles. The lowest BCUT2D eigenvalue weighted by atomic mass is 10.0. The van der Waals surface area contributed by atoms with E-state index in [9.17, 15) is 43.2 Å². The molecule has 5 atom stereocenters. The van der Waals surface area contributed by atoms with Crippen molar-refractivity contribution in [1.82, 2.24) is 0 Å². The van der Waals surface area contributed by atoms with Gasteiger partial charge >= 0.3 is 39.5 Å². The Labute approximate surface area is 588 Å². The predicted molar refractivity (Wildman–Crippen MR) is 391 cm³/mol. The number of phosphoric acid groups is 2. The first-order chi connectivity index (χ1) is 46.5. The van der Waals surface area contributed by atoms with Gasteiger partial charge in [0.1, 0.15) is 19.3 Å². The molecule has 0 fully saturated rings. The minimum atomic E-state index is -4.96. The minimum absolute atomic E-state index is 0.104. The third kappa shape index (κ3) is 70.5. The molecule has 0 rings (SSSR count). The summed E-state index contributed by atoms with van der Waals surface area (Å²) in [5.41, 5.74) is 0. The van der Waals surface area contributed by atoms with Crippen LogP contribution in [-0.4, -0.2) is 96.7 Å². The molecule has 0 aliphatic rings. The SMILES string of the molecule is CCCCCCCCCCCCCCCCCCCCCCCCC(=O)O[C@H](COC(=O)CCCCCCCCCCCCCCCCCCC)COP(=O)(O)OC[C@@H](O)COP(=O)(O)OC[C@@H](COC(=O)CCCCCCCCC)OC(=O)CCCCCCCCCC(C)C. The molecular formula is C77H150O17P2. The lowest BCUT2D eigenvalue weighted by molar-refractivity contribution is -0.161. The van der Waals surface area contributed by atoms with E-state index in [0.29, 0.717) is 31.6 Å². The molecule has 19 heteroatoms. The largest absolute Gasteiger partial charge is 0.472 e. The first-order valence-corrected chi connectivity index (χ1v) is 43.1. The fraction of sp³-hybridized carbons (Fsp3) is 0.948. The van der Waals surface area contributed by atoms with Crippen molar-refractivity contribution in [2.24, 2.45) is 5.92 Å². The summed E-state index contributed by atoms with van der Waals surface area (Å²) in [4.78, 5) is 72.6. The molecule has 0 bridgehead atoms. The van der Waals surface area contributed by atoms with Crippen molar-refractivity contribution in [3.05, 3.63) is 0 Å². The maximum absolute atomic E-state index is 13.1. The Balaban J connectivity index is 5.14. The van der Waals surface area contributed by atoms with Crippen LogP contribution in [0.4, 0.5) is 0 Å². The van der Waals surface area contributed by atoms with E-state index in [1.54, 1.807) is 0 Å². The zero-order valence-electron chi connectivity index (χ0n) is 62.5. The summed E-state index contributed by atoms with van der Waals surface area (Å²) in [6.07, 6.45) is 60.2. The van der Waals surface area contributed by atoms with Gasteiger partial charge in [-0.05, 0) is 31.6 Å². The van der Waals surface area contributed by atoms with Crippen molar-refractivity contribution in [3.8, 4) is 0 Å². The van der Waals surface area contributed by atoms with Gasteiger partial charge in [-0.2, -0.15) is 0 Å². The standard InChI is InChI=1S/C77H150O17P2/c1-6-9-12-15-18-20-22-24-26-28-29-30-31-32-34-36-38-40-42-47-52-57-62-76(81)93-73(67-88-75(80)61-56-51-46-41-39-37-35-33-27-25-23-21-19-16-13-10-7-2)69-92-96(85,86)90-65-71(78)64-89-95(83,84)91-68-72(66-87-74(79)60-55-50-44-17-14-11-8-3)94-77(82)63-58-53-48-43-45-49-54-59-70(4)5/h70-73,78H,6-69H2,1-5H3,(H,83,84)(H,85,86)/t71-,72+,73+/m0/s1. The minimum Gasteiger partial charge on any atom is -0.462 e. The summed E-state index contributed by atoms with van der Waals surface area (Å²) in [7, 11) is -9.90. The highest BCUT2D eigenvalue weighted by Gasteiger charge is 2.30. The average Bonchev–Trinajstić information content (AvgIpc) is 1.17. The van der Waals surface area contributed by atoms with Gasteiger partial charge in [-0.15, -0.1) is 0 Å². The summed E-state index contributed by atoms with van der Waals surface area (Å²) in [6, 6.07) is 0. The number of rotatable bonds is 77. The third-order valence-corrected chi connectivity index (χ3v) is 19.9. The molecule has 2 unspecified atom stereocenters. The van der Waals surface area contributed by atoms with Gasteiger partial charge in [0.2, 0.25) is 0 Å². The lowest BCUT2D eigenvalue weighted by Gasteiger charge is -2.21. The van der Waals surface area contributed by atoms with Crippen molar-refractivity contribution in [2.75, 3.05) is 39.6 Å². The second-order valence-corrected chi connectivity index (χ2v) is 31.1. The monoisotopic (exact) mass is 1410 g/mol. The lowest BCUT2D eigenvalue weighted by Crippen LogP contribution is -2.30. The number of aliphatic hydroxyl groups is 1. The quantitative estimate of drug-likeness (QED) is 0.0222. The number of hydrogen-bond donors (Lipinski definition) is 3. The van der Waals surface area contributed by atoms with Gasteiger partial charge in [-0.1, -0.05) is 356 Å². The molecule has 17 nitrogen and oxygen atoms in total. The summed E-state index contributed by atoms with van der Waals surface area (Å²) in [6.45, 7) is 7.18. The van der Waals surface area contributed by atoms with Crippen LogP contribution in [0.2, 0.25) is 0 Å². The fourth-order valence-electron chi connectivity index (χ4n) is 11.9. The molecule has 0 aromatic rings. The molecule has 570 valence electrons. The molecule has 0 aromatic heterocycles. The van der Waals surface area contributed by atoms with Crippen molar-refractivity contribution in [3.63, 3.8) is 0 Å². The van der Waals surface area contributed by atoms with E-state index in [0.717, 1.165) is 103 Å². The van der Waals surface area contributed by atoms with Gasteiger partial charge in [-0.25, -0.2) is 9.13 Å². The van der Waals surface area contributed by atoms with Crippen LogP contribution in [0.3, 0.4) is 0 Å². The number of aliphatic hydroxyl groups excluding tert-OH is 1. The van der Waals surface area contributed by atoms with Gasteiger partial charge in [0, 0.05) is 25.7 Å². The Kier molecular flexibility index (Phi) is 68.7. The Morgan fingerprint density at radius 1 is 0.281 bits per heavy atom. The van der Waals surface area contributed by atoms with Crippen LogP contribution < -0.4 is 0 Å². The smallest absolute Gasteiger partial charge is 0.462 e. The highest BCUT2D eigenvalue weighted by atomic mass is 31.2. The second kappa shape index (κ2) is 70.1. The van der Waals surface area contributed by atoms with Crippen LogP contribution in [-0.2, 0) is 65.4 Å². The molecule has 0 saturated carbocycles. The number of hydrogen-bond acceptors (Lipinski definition) is 15. The molecule has 0 spiro atoms. The Hall–Kier alpha value is -1.94. The maximum Gasteiger partial charge on any atom is 0.472 e. The topological polar surface area (TPSA) is 237 Å². The third-order valence-electron chi connectivity index (χ3n) is 18.0. The van der Waals surface area contributed by atoms with Gasteiger partial charge < -0.3 is 33.8 Å². The van der Waals surface area contributed by atoms with Gasteiger partial charge in [0.15, 0.2) is 12.2 Å². The first-order valence-electron chi connectivity index (χ1n) is 40.1. The summed E-state index contributed by atoms with van der Waals surface area (Å²) in [5, 5.41) is 10.6. The predicted octanol–water partition coefficient (Wildman–Crippen LogP) is 22.9. The molecular weight excluding hydrogens is 1260 g/mol.